The van der Waals surface area contributed by atoms with E-state index in [0.717, 1.165) is 5.56 Å². The van der Waals surface area contributed by atoms with Gasteiger partial charge in [0.25, 0.3) is 19.3 Å². The molecular weight excluding hydrogens is 487 g/mol. The van der Waals surface area contributed by atoms with Crippen LogP contribution >= 0.6 is 7.82 Å². The van der Waals surface area contributed by atoms with Gasteiger partial charge >= 0.3 is 5.97 Å². The van der Waals surface area contributed by atoms with Gasteiger partial charge in [0.2, 0.25) is 5.95 Å². The molecule has 0 aliphatic heterocycles. The number of aromatic amines is 1. The number of hydrogen-bond acceptors (Lipinski definition) is 10. The second-order valence-electron chi connectivity index (χ2n) is 6.96. The van der Waals surface area contributed by atoms with Gasteiger partial charge in [-0.05, 0) is 35.9 Å². The number of nitrogens with two attached hydrogens (primary N) is 1. The molecule has 1 atom stereocenters. The van der Waals surface area contributed by atoms with Crippen LogP contribution in [-0.4, -0.2) is 59.5 Å². The highest BCUT2D eigenvalue weighted by atomic mass is 31.2. The van der Waals surface area contributed by atoms with Crippen LogP contribution in [0.4, 0.5) is 11.6 Å². The lowest BCUT2D eigenvalue weighted by atomic mass is 10.1. The Balaban J connectivity index is 0.000000784. The lowest BCUT2D eigenvalue weighted by Gasteiger charge is -2.13. The summed E-state index contributed by atoms with van der Waals surface area (Å²) in [6, 6.07) is 6.93. The zero-order valence-corrected chi connectivity index (χ0v) is 18.8. The summed E-state index contributed by atoms with van der Waals surface area (Å²) in [5, 5.41) is 23.8. The minimum Gasteiger partial charge on any atom is -0.756 e. The Kier molecular flexibility index (Phi) is 9.39. The Hall–Kier alpha value is -3.88. The van der Waals surface area contributed by atoms with Crippen LogP contribution in [0.15, 0.2) is 41.3 Å². The summed E-state index contributed by atoms with van der Waals surface area (Å²) in [5.74, 6) is -1.76. The van der Waals surface area contributed by atoms with E-state index in [0.29, 0.717) is 17.6 Å². The zero-order valence-electron chi connectivity index (χ0n) is 17.9. The Bertz CT molecular complexity index is 1280. The third kappa shape index (κ3) is 9.11. The first-order valence-corrected chi connectivity index (χ1v) is 11.3. The van der Waals surface area contributed by atoms with Gasteiger partial charge in [0.1, 0.15) is 6.04 Å². The molecule has 2 aromatic heterocycles. The molecule has 1 aromatic carbocycles. The summed E-state index contributed by atoms with van der Waals surface area (Å²) in [6.45, 7) is 0.0228. The van der Waals surface area contributed by atoms with Crippen LogP contribution in [0.1, 0.15) is 22.3 Å². The molecule has 1 amide bonds. The minimum atomic E-state index is -4.89. The molecule has 0 saturated carbocycles. The summed E-state index contributed by atoms with van der Waals surface area (Å²) in [7, 11) is -4.89. The number of H-pyrrole nitrogens is 1. The number of carboxylic acid groups (broad SMARTS) is 1. The van der Waals surface area contributed by atoms with E-state index >= 15 is 0 Å². The molecule has 0 aliphatic rings. The Morgan fingerprint density at radius 1 is 1.23 bits per heavy atom. The first-order valence-electron chi connectivity index (χ1n) is 9.77. The molecule has 0 unspecified atom stereocenters. The van der Waals surface area contributed by atoms with E-state index < -0.39 is 25.7 Å². The number of aliphatic hydroxyl groups excluding tert-OH is 1. The number of aliphatic hydroxyl groups is 1. The van der Waals surface area contributed by atoms with Crippen molar-refractivity contribution < 1.29 is 39.0 Å². The number of anilines is 2. The average Bonchev–Trinajstić information content (AvgIpc) is 2.76. The third-order valence-electron chi connectivity index (χ3n) is 4.30. The first-order chi connectivity index (χ1) is 16.4. The molecule has 188 valence electrons. The molecule has 16 heteroatoms. The Morgan fingerprint density at radius 3 is 2.43 bits per heavy atom. The van der Waals surface area contributed by atoms with Gasteiger partial charge in [-0.15, -0.1) is 0 Å². The van der Waals surface area contributed by atoms with Crippen molar-refractivity contribution in [3.63, 3.8) is 0 Å². The van der Waals surface area contributed by atoms with Crippen LogP contribution in [0.5, 0.6) is 0 Å². The fourth-order valence-corrected chi connectivity index (χ4v) is 2.75. The SMILES string of the molecule is Nc1nc2ncc(CNc3ccc(C(=O)N[C@@H](CCO)C(=O)O)cc3)cc2c(=O)[nH]1.O=P([O-])(O)O. The van der Waals surface area contributed by atoms with Crippen molar-refractivity contribution in [2.75, 3.05) is 17.7 Å². The highest BCUT2D eigenvalue weighted by molar-refractivity contribution is 7.43. The standard InChI is InChI=1S/C19H20N6O5.H3O4P/c20-19-24-15-13(17(28)25-19)7-10(9-22-15)8-21-12-3-1-11(2-4-12)16(27)23-14(5-6-26)18(29)30;1-5(2,3)4/h1-4,7,9,14,21,26H,5-6,8H2,(H,23,27)(H,29,30)(H3,20,22,24,25,28);(H3,1,2,3,4)/p-1/t14-;/m0./s1. The van der Waals surface area contributed by atoms with Gasteiger partial charge in [-0.1, -0.05) is 0 Å². The molecule has 3 rings (SSSR count). The lowest BCUT2D eigenvalue weighted by Crippen LogP contribution is -2.41. The van der Waals surface area contributed by atoms with E-state index in [2.05, 4.69) is 25.6 Å². The van der Waals surface area contributed by atoms with E-state index in [9.17, 15) is 14.4 Å². The van der Waals surface area contributed by atoms with Crippen molar-refractivity contribution in [2.24, 2.45) is 0 Å². The molecule has 2 heterocycles. The number of phosphoric acid groups is 1. The van der Waals surface area contributed by atoms with Gasteiger partial charge in [0, 0.05) is 37.0 Å². The largest absolute Gasteiger partial charge is 0.756 e. The average molecular weight is 509 g/mol. The number of aromatic nitrogens is 3. The van der Waals surface area contributed by atoms with Gasteiger partial charge in [-0.2, -0.15) is 4.98 Å². The molecule has 0 spiro atoms. The van der Waals surface area contributed by atoms with Gasteiger partial charge in [0.15, 0.2) is 5.65 Å². The molecule has 15 nitrogen and oxygen atoms in total. The molecule has 0 saturated heterocycles. The minimum absolute atomic E-state index is 0.000961. The third-order valence-corrected chi connectivity index (χ3v) is 4.30. The number of nitrogen functional groups attached to an aromatic ring is 1. The van der Waals surface area contributed by atoms with Crippen LogP contribution in [0, 0.1) is 0 Å². The van der Waals surface area contributed by atoms with Crippen molar-refractivity contribution in [3.8, 4) is 0 Å². The van der Waals surface area contributed by atoms with Crippen LogP contribution in [0.25, 0.3) is 11.0 Å². The number of carbonyl (C=O) groups is 2. The van der Waals surface area contributed by atoms with Crippen molar-refractivity contribution in [2.45, 2.75) is 19.0 Å². The summed E-state index contributed by atoms with van der Waals surface area (Å²) in [4.78, 5) is 68.7. The molecule has 35 heavy (non-hydrogen) atoms. The number of nitrogens with zero attached hydrogens (tertiary/aromatic N) is 2. The number of carbonyl (C=O) groups excluding carboxylic acids is 1. The normalized spacial score (nSPS) is 11.8. The molecule has 0 fully saturated rings. The van der Waals surface area contributed by atoms with Crippen molar-refractivity contribution in [1.82, 2.24) is 20.3 Å². The van der Waals surface area contributed by atoms with Crippen LogP contribution in [0.3, 0.4) is 0 Å². The number of pyridine rings is 1. The summed E-state index contributed by atoms with van der Waals surface area (Å²) in [5.41, 5.74) is 7.13. The molecule has 0 radical (unpaired) electrons. The number of hydrogen-bond donors (Lipinski definition) is 8. The number of nitrogens with one attached hydrogen (secondary N) is 3. The van der Waals surface area contributed by atoms with Crippen molar-refractivity contribution in [3.05, 3.63) is 58.0 Å². The summed E-state index contributed by atoms with van der Waals surface area (Å²) in [6.07, 6.45) is 1.50. The maximum atomic E-state index is 12.2. The first kappa shape index (κ1) is 27.4. The van der Waals surface area contributed by atoms with Crippen LogP contribution in [-0.2, 0) is 15.9 Å². The Morgan fingerprint density at radius 2 is 1.86 bits per heavy atom. The fourth-order valence-electron chi connectivity index (χ4n) is 2.75. The summed E-state index contributed by atoms with van der Waals surface area (Å²) < 4.78 is 8.77. The number of benzene rings is 1. The van der Waals surface area contributed by atoms with E-state index in [1.54, 1.807) is 36.5 Å². The van der Waals surface area contributed by atoms with Gasteiger partial charge in [-0.25, -0.2) is 9.78 Å². The Labute approximate surface area is 196 Å². The topological polar surface area (TPSA) is 264 Å². The smallest absolute Gasteiger partial charge is 0.326 e. The van der Waals surface area contributed by atoms with E-state index in [-0.39, 0.29) is 35.7 Å². The highest BCUT2D eigenvalue weighted by Gasteiger charge is 2.19. The maximum absolute atomic E-state index is 12.2. The van der Waals surface area contributed by atoms with E-state index in [4.69, 9.17) is 35.2 Å². The molecule has 9 N–H and O–H groups in total. The van der Waals surface area contributed by atoms with E-state index in [1.807, 2.05) is 0 Å². The second-order valence-corrected chi connectivity index (χ2v) is 7.95. The van der Waals surface area contributed by atoms with Crippen LogP contribution < -0.4 is 26.8 Å². The molecular formula is C19H22N6O9P-. The monoisotopic (exact) mass is 509 g/mol. The molecule has 0 aliphatic carbocycles. The van der Waals surface area contributed by atoms with Gasteiger partial charge in [-0.3, -0.25) is 19.1 Å². The van der Waals surface area contributed by atoms with Crippen molar-refractivity contribution in [1.29, 1.82) is 0 Å². The lowest BCUT2D eigenvalue weighted by molar-refractivity contribution is -0.214. The zero-order chi connectivity index (χ0) is 26.2. The number of rotatable bonds is 8. The van der Waals surface area contributed by atoms with Crippen molar-refractivity contribution >= 4 is 42.4 Å². The molecule has 0 bridgehead atoms. The number of carboxylic acids is 1. The predicted octanol–water partition coefficient (Wildman–Crippen LogP) is -1.48. The van der Waals surface area contributed by atoms with Gasteiger partial charge < -0.3 is 41.3 Å². The summed E-state index contributed by atoms with van der Waals surface area (Å²) >= 11 is 0. The van der Waals surface area contributed by atoms with Crippen LogP contribution in [0.2, 0.25) is 0 Å². The fraction of sp³-hybridized carbons (Fsp3) is 0.211. The van der Waals surface area contributed by atoms with Gasteiger partial charge in [0.05, 0.1) is 5.39 Å². The number of aliphatic carboxylic acids is 1. The number of amides is 1. The maximum Gasteiger partial charge on any atom is 0.326 e. The van der Waals surface area contributed by atoms with E-state index in [1.165, 1.54) is 0 Å². The quantitative estimate of drug-likeness (QED) is 0.161. The predicted molar refractivity (Wildman–Crippen MR) is 121 cm³/mol. The number of fused-ring (bicyclic) bond motifs is 1. The highest BCUT2D eigenvalue weighted by Crippen LogP contribution is 2.19. The molecule has 3 aromatic rings. The second kappa shape index (κ2) is 12.0.